The molecule has 3 nitrogen and oxygen atoms in total. The fraction of sp³-hybridized carbons (Fsp3) is 0.0476. The standard InChI is InChI=1S/C42H25B2N3/c1-3-9-28-21-36-34(19-26(28)7-1)43-38-32(30-13-5-11-24-15-17-45(43)40(24)30)23-33-31-14-6-12-25-16-18-46(41(25)31)44-35-20-27-8-2-4-10-29(27)22-37(35)47(36)42(38)39(33)44/h1-24,40H. The van der Waals surface area contributed by atoms with Crippen LogP contribution in [0.25, 0.3) is 49.1 Å². The molecule has 47 heavy (non-hydrogen) atoms. The van der Waals surface area contributed by atoms with Gasteiger partial charge in [0, 0.05) is 34.1 Å². The van der Waals surface area contributed by atoms with Crippen molar-refractivity contribution < 1.29 is 0 Å². The molecule has 1 aliphatic carbocycles. The number of benzene rings is 6. The molecule has 0 amide bonds. The average Bonchev–Trinajstić information content (AvgIpc) is 3.75. The summed E-state index contributed by atoms with van der Waals surface area (Å²) in [5, 5.41) is 6.47. The lowest BCUT2D eigenvalue weighted by Gasteiger charge is -2.51. The second kappa shape index (κ2) is 7.82. The van der Waals surface area contributed by atoms with Crippen molar-refractivity contribution in [3.63, 3.8) is 0 Å². The van der Waals surface area contributed by atoms with Crippen molar-refractivity contribution in [1.29, 1.82) is 0 Å². The van der Waals surface area contributed by atoms with Crippen molar-refractivity contribution in [2.24, 2.45) is 5.92 Å². The summed E-state index contributed by atoms with van der Waals surface area (Å²) in [7, 11) is 0. The maximum absolute atomic E-state index is 2.69. The second-order valence-corrected chi connectivity index (χ2v) is 14.1. The van der Waals surface area contributed by atoms with Crippen LogP contribution in [0.4, 0.5) is 17.1 Å². The third-order valence-electron chi connectivity index (χ3n) is 12.0. The van der Waals surface area contributed by atoms with Crippen LogP contribution in [0.5, 0.6) is 0 Å². The van der Waals surface area contributed by atoms with Gasteiger partial charge in [0.05, 0.1) is 6.04 Å². The Kier molecular flexibility index (Phi) is 3.93. The van der Waals surface area contributed by atoms with Crippen LogP contribution in [0.1, 0.15) is 5.56 Å². The van der Waals surface area contributed by atoms with E-state index in [9.17, 15) is 0 Å². The first kappa shape index (κ1) is 23.6. The molecule has 5 aliphatic heterocycles. The Balaban J connectivity index is 1.27. The van der Waals surface area contributed by atoms with Gasteiger partial charge in [-0.15, -0.1) is 0 Å². The topological polar surface area (TPSA) is 11.4 Å². The van der Waals surface area contributed by atoms with E-state index in [2.05, 4.69) is 154 Å². The maximum atomic E-state index is 2.69. The van der Waals surface area contributed by atoms with Crippen molar-refractivity contribution in [3.8, 4) is 11.1 Å². The first-order valence-electron chi connectivity index (χ1n) is 16.8. The van der Waals surface area contributed by atoms with Gasteiger partial charge in [-0.3, -0.25) is 0 Å². The van der Waals surface area contributed by atoms with Crippen molar-refractivity contribution >= 4 is 90.6 Å². The minimum atomic E-state index is 0.0936. The number of para-hydroxylation sites is 1. The summed E-state index contributed by atoms with van der Waals surface area (Å²) in [6.45, 7) is 0.233. The van der Waals surface area contributed by atoms with Gasteiger partial charge in [0.25, 0.3) is 0 Å². The van der Waals surface area contributed by atoms with Crippen LogP contribution in [-0.2, 0) is 0 Å². The Morgan fingerprint density at radius 2 is 1.26 bits per heavy atom. The first-order chi connectivity index (χ1) is 23.3. The zero-order valence-electron chi connectivity index (χ0n) is 25.4. The molecule has 2 unspecified atom stereocenters. The van der Waals surface area contributed by atoms with E-state index in [-0.39, 0.29) is 13.7 Å². The van der Waals surface area contributed by atoms with Gasteiger partial charge in [0.15, 0.2) is 0 Å². The fourth-order valence-corrected chi connectivity index (χ4v) is 10.2. The third-order valence-corrected chi connectivity index (χ3v) is 12.0. The van der Waals surface area contributed by atoms with E-state index in [4.69, 9.17) is 0 Å². The van der Waals surface area contributed by atoms with Gasteiger partial charge < -0.3 is 14.2 Å². The Morgan fingerprint density at radius 1 is 0.574 bits per heavy atom. The van der Waals surface area contributed by atoms with Gasteiger partial charge in [0.2, 0.25) is 0 Å². The number of fused-ring (bicyclic) bond motifs is 12. The molecule has 2 atom stereocenters. The predicted molar refractivity (Wildman–Crippen MR) is 198 cm³/mol. The lowest BCUT2D eigenvalue weighted by molar-refractivity contribution is 0.484. The molecule has 0 fully saturated rings. The van der Waals surface area contributed by atoms with Gasteiger partial charge >= 0.3 is 13.7 Å². The number of aromatic nitrogens is 1. The largest absolute Gasteiger partial charge is 0.405 e. The quantitative estimate of drug-likeness (QED) is 0.185. The van der Waals surface area contributed by atoms with E-state index in [1.165, 1.54) is 93.6 Å². The molecule has 0 saturated carbocycles. The van der Waals surface area contributed by atoms with Gasteiger partial charge in [-0.1, -0.05) is 103 Å². The lowest BCUT2D eigenvalue weighted by Crippen LogP contribution is -2.69. The third kappa shape index (κ3) is 2.62. The second-order valence-electron chi connectivity index (χ2n) is 14.1. The molecule has 0 saturated heterocycles. The van der Waals surface area contributed by atoms with Crippen LogP contribution in [-0.4, -0.2) is 29.0 Å². The van der Waals surface area contributed by atoms with Crippen molar-refractivity contribution in [2.75, 3.05) is 4.90 Å². The number of allylic oxidation sites excluding steroid dienone is 2. The van der Waals surface area contributed by atoms with Gasteiger partial charge in [-0.05, 0) is 102 Å². The number of hydrogen-bond donors (Lipinski definition) is 0. The van der Waals surface area contributed by atoms with Gasteiger partial charge in [0.1, 0.15) is 0 Å². The Morgan fingerprint density at radius 3 is 2.02 bits per heavy atom. The lowest BCUT2D eigenvalue weighted by atomic mass is 9.37. The zero-order chi connectivity index (χ0) is 30.1. The van der Waals surface area contributed by atoms with E-state index in [1.54, 1.807) is 0 Å². The van der Waals surface area contributed by atoms with E-state index in [0.29, 0.717) is 12.0 Å². The van der Waals surface area contributed by atoms with Crippen LogP contribution in [0, 0.1) is 5.92 Å². The van der Waals surface area contributed by atoms with E-state index in [1.807, 2.05) is 0 Å². The molecule has 0 spiro atoms. The van der Waals surface area contributed by atoms with Crippen LogP contribution in [0.3, 0.4) is 0 Å². The number of nitrogens with zero attached hydrogens (tertiary/aromatic N) is 3. The molecule has 7 aromatic rings. The van der Waals surface area contributed by atoms with E-state index >= 15 is 0 Å². The summed E-state index contributed by atoms with van der Waals surface area (Å²) < 4.78 is 2.58. The Labute approximate surface area is 272 Å². The Hall–Kier alpha value is -5.67. The van der Waals surface area contributed by atoms with Crippen LogP contribution in [0.2, 0.25) is 0 Å². The molecule has 6 aliphatic rings. The predicted octanol–water partition coefficient (Wildman–Crippen LogP) is 6.57. The maximum Gasteiger partial charge on any atom is 0.332 e. The number of anilines is 3. The highest BCUT2D eigenvalue weighted by molar-refractivity contribution is 6.94. The molecule has 0 radical (unpaired) electrons. The average molecular weight is 593 g/mol. The van der Waals surface area contributed by atoms with Crippen LogP contribution in [0.15, 0.2) is 140 Å². The summed E-state index contributed by atoms with van der Waals surface area (Å²) in [4.78, 5) is 5.35. The summed E-state index contributed by atoms with van der Waals surface area (Å²) in [6.07, 6.45) is 14.2. The molecule has 214 valence electrons. The first-order valence-corrected chi connectivity index (χ1v) is 16.8. The summed E-state index contributed by atoms with van der Waals surface area (Å²) in [5.74, 6) is 0.387. The minimum Gasteiger partial charge on any atom is -0.405 e. The fourth-order valence-electron chi connectivity index (χ4n) is 10.2. The van der Waals surface area contributed by atoms with Crippen molar-refractivity contribution in [2.45, 2.75) is 6.04 Å². The molecule has 6 aromatic carbocycles. The molecule has 13 rings (SSSR count). The SMILES string of the molecule is C1=CC2C=CN3B4c5cc6ccccc6cc5N5c6cc7ccccc7cc6B6c7c(cc(c4c75)C(=C1)C23)-c1cccc2ccn6c12. The number of rotatable bonds is 0. The molecule has 5 heteroatoms. The minimum absolute atomic E-state index is 0.0936. The van der Waals surface area contributed by atoms with Crippen LogP contribution >= 0.6 is 0 Å². The van der Waals surface area contributed by atoms with Crippen molar-refractivity contribution in [3.05, 3.63) is 145 Å². The smallest absolute Gasteiger partial charge is 0.332 e. The van der Waals surface area contributed by atoms with Gasteiger partial charge in [-0.25, -0.2) is 0 Å². The normalized spacial score (nSPS) is 19.7. The molecular weight excluding hydrogens is 568 g/mol. The summed E-state index contributed by atoms with van der Waals surface area (Å²) >= 11 is 0. The molecule has 0 bridgehead atoms. The highest BCUT2D eigenvalue weighted by Gasteiger charge is 2.54. The van der Waals surface area contributed by atoms with Gasteiger partial charge in [-0.2, -0.15) is 0 Å². The molecule has 1 aromatic heterocycles. The molecule has 6 heterocycles. The highest BCUT2D eigenvalue weighted by atomic mass is 15.2. The molecule has 0 N–H and O–H groups in total. The Bertz CT molecular complexity index is 2750. The zero-order valence-corrected chi connectivity index (χ0v) is 25.4. The van der Waals surface area contributed by atoms with E-state index < -0.39 is 0 Å². The van der Waals surface area contributed by atoms with Crippen molar-refractivity contribution in [1.82, 2.24) is 9.29 Å². The monoisotopic (exact) mass is 593 g/mol. The van der Waals surface area contributed by atoms with E-state index in [0.717, 1.165) is 0 Å². The highest BCUT2D eigenvalue weighted by Crippen LogP contribution is 2.50. The van der Waals surface area contributed by atoms with Crippen LogP contribution < -0.4 is 26.8 Å². The summed E-state index contributed by atoms with van der Waals surface area (Å²) in [6, 6.07) is 39.8. The summed E-state index contributed by atoms with van der Waals surface area (Å²) in [5.41, 5.74) is 16.6. The molecular formula is C42H25B2N3. The number of hydrogen-bond acceptors (Lipinski definition) is 2.